The van der Waals surface area contributed by atoms with Crippen molar-refractivity contribution in [1.29, 1.82) is 0 Å². The van der Waals surface area contributed by atoms with Gasteiger partial charge >= 0.3 is 5.97 Å². The van der Waals surface area contributed by atoms with Crippen molar-refractivity contribution in [2.24, 2.45) is 5.92 Å². The third kappa shape index (κ3) is 3.03. The summed E-state index contributed by atoms with van der Waals surface area (Å²) < 4.78 is 0. The number of aliphatic carboxylic acids is 1. The van der Waals surface area contributed by atoms with Gasteiger partial charge < -0.3 is 10.2 Å². The molecule has 0 aliphatic carbocycles. The van der Waals surface area contributed by atoms with E-state index in [1.54, 1.807) is 13.8 Å². The Morgan fingerprint density at radius 3 is 2.20 bits per heavy atom. The SMILES string of the molecule is CC(C)CC(O)(Cl)C(=O)O. The molecule has 1 atom stereocenters. The van der Waals surface area contributed by atoms with Crippen molar-refractivity contribution in [3.05, 3.63) is 0 Å². The zero-order chi connectivity index (χ0) is 8.36. The van der Waals surface area contributed by atoms with Gasteiger partial charge in [-0.3, -0.25) is 0 Å². The quantitative estimate of drug-likeness (QED) is 0.616. The summed E-state index contributed by atoms with van der Waals surface area (Å²) in [4.78, 5) is 10.2. The molecule has 3 nitrogen and oxygen atoms in total. The van der Waals surface area contributed by atoms with E-state index in [1.807, 2.05) is 0 Å². The van der Waals surface area contributed by atoms with Crippen LogP contribution in [0.2, 0.25) is 0 Å². The van der Waals surface area contributed by atoms with E-state index < -0.39 is 11.0 Å². The molecule has 0 aromatic carbocycles. The first-order valence-corrected chi connectivity index (χ1v) is 3.38. The van der Waals surface area contributed by atoms with Gasteiger partial charge in [0.05, 0.1) is 0 Å². The maximum absolute atomic E-state index is 10.2. The molecular weight excluding hydrogens is 156 g/mol. The number of hydrogen-bond acceptors (Lipinski definition) is 2. The highest BCUT2D eigenvalue weighted by Crippen LogP contribution is 2.21. The molecule has 0 saturated carbocycles. The largest absolute Gasteiger partial charge is 0.478 e. The number of alkyl halides is 1. The Labute approximate surface area is 64.6 Å². The lowest BCUT2D eigenvalue weighted by molar-refractivity contribution is -0.151. The summed E-state index contributed by atoms with van der Waals surface area (Å²) in [5.74, 6) is -1.32. The Morgan fingerprint density at radius 2 is 2.10 bits per heavy atom. The monoisotopic (exact) mass is 166 g/mol. The predicted molar refractivity (Wildman–Crippen MR) is 37.9 cm³/mol. The van der Waals surface area contributed by atoms with Crippen LogP contribution in [0.1, 0.15) is 20.3 Å². The van der Waals surface area contributed by atoms with E-state index in [2.05, 4.69) is 0 Å². The molecule has 0 aliphatic rings. The lowest BCUT2D eigenvalue weighted by Crippen LogP contribution is -2.33. The third-order valence-electron chi connectivity index (χ3n) is 1.01. The highest BCUT2D eigenvalue weighted by molar-refractivity contribution is 6.32. The second-order valence-electron chi connectivity index (χ2n) is 2.66. The number of carboxylic acids is 1. The minimum absolute atomic E-state index is 0.0594. The van der Waals surface area contributed by atoms with Crippen molar-refractivity contribution in [3.63, 3.8) is 0 Å². The summed E-state index contributed by atoms with van der Waals surface area (Å²) in [5.41, 5.74) is 0. The molecule has 2 N–H and O–H groups in total. The van der Waals surface area contributed by atoms with Crippen molar-refractivity contribution < 1.29 is 15.0 Å². The average Bonchev–Trinajstić information content (AvgIpc) is 1.60. The molecule has 0 aromatic rings. The number of rotatable bonds is 3. The van der Waals surface area contributed by atoms with Crippen LogP contribution < -0.4 is 0 Å². The second-order valence-corrected chi connectivity index (χ2v) is 3.29. The zero-order valence-corrected chi connectivity index (χ0v) is 6.72. The van der Waals surface area contributed by atoms with Crippen molar-refractivity contribution in [2.75, 3.05) is 0 Å². The Balaban J connectivity index is 4.00. The van der Waals surface area contributed by atoms with E-state index in [1.165, 1.54) is 0 Å². The molecule has 60 valence electrons. The van der Waals surface area contributed by atoms with Crippen LogP contribution in [0.3, 0.4) is 0 Å². The zero-order valence-electron chi connectivity index (χ0n) is 5.97. The van der Waals surface area contributed by atoms with Crippen LogP contribution in [0.5, 0.6) is 0 Å². The topological polar surface area (TPSA) is 57.5 Å². The first-order chi connectivity index (χ1) is 4.36. The van der Waals surface area contributed by atoms with E-state index in [0.717, 1.165) is 0 Å². The maximum Gasteiger partial charge on any atom is 0.351 e. The number of hydrogen-bond donors (Lipinski definition) is 2. The van der Waals surface area contributed by atoms with Crippen LogP contribution in [-0.2, 0) is 4.79 Å². The van der Waals surface area contributed by atoms with Gasteiger partial charge in [-0.1, -0.05) is 25.4 Å². The van der Waals surface area contributed by atoms with Gasteiger partial charge in [-0.25, -0.2) is 4.79 Å². The number of carboxylic acid groups (broad SMARTS) is 1. The molecular formula is C6H11ClO3. The summed E-state index contributed by atoms with van der Waals surface area (Å²) in [6, 6.07) is 0. The van der Waals surface area contributed by atoms with Gasteiger partial charge in [0.1, 0.15) is 0 Å². The smallest absolute Gasteiger partial charge is 0.351 e. The van der Waals surface area contributed by atoms with Crippen LogP contribution >= 0.6 is 11.6 Å². The van der Waals surface area contributed by atoms with E-state index in [4.69, 9.17) is 21.8 Å². The third-order valence-corrected chi connectivity index (χ3v) is 1.32. The minimum Gasteiger partial charge on any atom is -0.478 e. The minimum atomic E-state index is -2.09. The molecule has 0 fully saturated rings. The van der Waals surface area contributed by atoms with Gasteiger partial charge in [-0.2, -0.15) is 0 Å². The van der Waals surface area contributed by atoms with Crippen LogP contribution in [0.15, 0.2) is 0 Å². The van der Waals surface area contributed by atoms with E-state index in [9.17, 15) is 4.79 Å². The fourth-order valence-electron chi connectivity index (χ4n) is 0.628. The Kier molecular flexibility index (Phi) is 3.12. The molecule has 0 aromatic heterocycles. The first kappa shape index (κ1) is 9.72. The molecule has 4 heteroatoms. The molecule has 10 heavy (non-hydrogen) atoms. The van der Waals surface area contributed by atoms with Crippen LogP contribution in [0.25, 0.3) is 0 Å². The van der Waals surface area contributed by atoms with Gasteiger partial charge in [-0.15, -0.1) is 0 Å². The molecule has 0 saturated heterocycles. The number of carbonyl (C=O) groups is 1. The highest BCUT2D eigenvalue weighted by Gasteiger charge is 2.33. The van der Waals surface area contributed by atoms with E-state index in [0.29, 0.717) is 0 Å². The Hall–Kier alpha value is -0.280. The summed E-state index contributed by atoms with van der Waals surface area (Å²) in [7, 11) is 0. The molecule has 1 unspecified atom stereocenters. The lowest BCUT2D eigenvalue weighted by Gasteiger charge is -2.16. The van der Waals surface area contributed by atoms with Gasteiger partial charge in [0.2, 0.25) is 5.06 Å². The van der Waals surface area contributed by atoms with Crippen LogP contribution in [0, 0.1) is 5.92 Å². The second kappa shape index (κ2) is 3.21. The van der Waals surface area contributed by atoms with Gasteiger partial charge in [-0.05, 0) is 5.92 Å². The van der Waals surface area contributed by atoms with Crippen LogP contribution in [-0.4, -0.2) is 21.2 Å². The van der Waals surface area contributed by atoms with Crippen molar-refractivity contribution >= 4 is 17.6 Å². The molecule has 0 aliphatic heterocycles. The van der Waals surface area contributed by atoms with Crippen LogP contribution in [0.4, 0.5) is 0 Å². The normalized spacial score (nSPS) is 16.9. The van der Waals surface area contributed by atoms with Gasteiger partial charge in [0, 0.05) is 6.42 Å². The average molecular weight is 167 g/mol. The molecule has 0 heterocycles. The number of aliphatic hydroxyl groups is 1. The van der Waals surface area contributed by atoms with E-state index in [-0.39, 0.29) is 12.3 Å². The highest BCUT2D eigenvalue weighted by atomic mass is 35.5. The fourth-order valence-corrected chi connectivity index (χ4v) is 0.937. The molecule has 0 spiro atoms. The fraction of sp³-hybridized carbons (Fsp3) is 0.833. The number of halogens is 1. The van der Waals surface area contributed by atoms with Gasteiger partial charge in [0.25, 0.3) is 0 Å². The molecule has 0 rings (SSSR count). The van der Waals surface area contributed by atoms with Crippen molar-refractivity contribution in [1.82, 2.24) is 0 Å². The first-order valence-electron chi connectivity index (χ1n) is 3.01. The molecule has 0 radical (unpaired) electrons. The van der Waals surface area contributed by atoms with Crippen molar-refractivity contribution in [2.45, 2.75) is 25.3 Å². The summed E-state index contributed by atoms with van der Waals surface area (Å²) in [6.45, 7) is 3.58. The summed E-state index contributed by atoms with van der Waals surface area (Å²) in [5, 5.41) is 15.1. The Morgan fingerprint density at radius 1 is 1.70 bits per heavy atom. The van der Waals surface area contributed by atoms with Crippen molar-refractivity contribution in [3.8, 4) is 0 Å². The predicted octanol–water partition coefficient (Wildman–Crippen LogP) is 1.04. The maximum atomic E-state index is 10.2. The van der Waals surface area contributed by atoms with Gasteiger partial charge in [0.15, 0.2) is 0 Å². The lowest BCUT2D eigenvalue weighted by atomic mass is 10.1. The summed E-state index contributed by atoms with van der Waals surface area (Å²) in [6.07, 6.45) is 0.0594. The van der Waals surface area contributed by atoms with E-state index >= 15 is 0 Å². The standard InChI is InChI=1S/C6H11ClO3/c1-4(2)3-6(7,10)5(8)9/h4,10H,3H2,1-2H3,(H,8,9). The molecule has 0 bridgehead atoms. The molecule has 0 amide bonds. The summed E-state index contributed by atoms with van der Waals surface area (Å²) >= 11 is 5.22. The Bertz CT molecular complexity index is 131.